The van der Waals surface area contributed by atoms with E-state index in [1.165, 1.54) is 0 Å². The molecular formula is C17H16ClN3O3. The number of benzene rings is 2. The zero-order valence-corrected chi connectivity index (χ0v) is 14.0. The Morgan fingerprint density at radius 2 is 1.79 bits per heavy atom. The van der Waals surface area contributed by atoms with Gasteiger partial charge in [-0.2, -0.15) is 0 Å². The number of ether oxygens (including phenoxy) is 2. The first-order valence-corrected chi connectivity index (χ1v) is 7.62. The van der Waals surface area contributed by atoms with Crippen LogP contribution in [0.1, 0.15) is 5.89 Å². The van der Waals surface area contributed by atoms with Gasteiger partial charge in [0.1, 0.15) is 11.5 Å². The highest BCUT2D eigenvalue weighted by Gasteiger charge is 2.12. The molecule has 0 aliphatic carbocycles. The molecule has 0 bridgehead atoms. The van der Waals surface area contributed by atoms with Crippen LogP contribution in [-0.4, -0.2) is 24.4 Å². The molecule has 0 amide bonds. The van der Waals surface area contributed by atoms with E-state index in [1.807, 2.05) is 30.3 Å². The Kier molecular flexibility index (Phi) is 4.86. The number of nitrogens with one attached hydrogen (secondary N) is 1. The van der Waals surface area contributed by atoms with Gasteiger partial charge in [-0.15, -0.1) is 10.2 Å². The summed E-state index contributed by atoms with van der Waals surface area (Å²) in [4.78, 5) is 0. The van der Waals surface area contributed by atoms with Crippen LogP contribution in [0.5, 0.6) is 11.5 Å². The molecular weight excluding hydrogens is 330 g/mol. The molecule has 0 aliphatic rings. The second-order valence-electron chi connectivity index (χ2n) is 4.91. The SMILES string of the molecule is COc1cc(NCc2nnc(-c3ccccc3)o2)c(OC)cc1Cl. The van der Waals surface area contributed by atoms with Gasteiger partial charge in [0, 0.05) is 17.7 Å². The van der Waals surface area contributed by atoms with Gasteiger partial charge in [0.25, 0.3) is 0 Å². The first kappa shape index (κ1) is 16.1. The van der Waals surface area contributed by atoms with Gasteiger partial charge in [-0.25, -0.2) is 0 Å². The monoisotopic (exact) mass is 345 g/mol. The summed E-state index contributed by atoms with van der Waals surface area (Å²) in [5.41, 5.74) is 1.60. The molecule has 1 heterocycles. The number of methoxy groups -OCH3 is 2. The summed E-state index contributed by atoms with van der Waals surface area (Å²) in [5.74, 6) is 2.09. The molecule has 1 aromatic heterocycles. The summed E-state index contributed by atoms with van der Waals surface area (Å²) < 4.78 is 16.2. The van der Waals surface area contributed by atoms with Crippen LogP contribution < -0.4 is 14.8 Å². The van der Waals surface area contributed by atoms with E-state index >= 15 is 0 Å². The molecule has 0 aliphatic heterocycles. The summed E-state index contributed by atoms with van der Waals surface area (Å²) in [6.45, 7) is 0.348. The minimum absolute atomic E-state index is 0.348. The minimum atomic E-state index is 0.348. The average molecular weight is 346 g/mol. The highest BCUT2D eigenvalue weighted by atomic mass is 35.5. The van der Waals surface area contributed by atoms with Crippen LogP contribution in [0.4, 0.5) is 5.69 Å². The Labute approximate surface area is 144 Å². The maximum atomic E-state index is 6.09. The molecule has 124 valence electrons. The predicted molar refractivity (Wildman–Crippen MR) is 91.6 cm³/mol. The molecule has 6 nitrogen and oxygen atoms in total. The van der Waals surface area contributed by atoms with E-state index in [0.717, 1.165) is 11.3 Å². The lowest BCUT2D eigenvalue weighted by atomic mass is 10.2. The molecule has 0 atom stereocenters. The summed E-state index contributed by atoms with van der Waals surface area (Å²) in [6.07, 6.45) is 0. The lowest BCUT2D eigenvalue weighted by Gasteiger charge is -2.12. The van der Waals surface area contributed by atoms with Crippen LogP contribution in [0.2, 0.25) is 5.02 Å². The quantitative estimate of drug-likeness (QED) is 0.727. The largest absolute Gasteiger partial charge is 0.495 e. The molecule has 3 aromatic rings. The zero-order valence-electron chi connectivity index (χ0n) is 13.2. The summed E-state index contributed by atoms with van der Waals surface area (Å²) in [7, 11) is 3.13. The fourth-order valence-corrected chi connectivity index (χ4v) is 2.42. The third-order valence-electron chi connectivity index (χ3n) is 3.39. The maximum absolute atomic E-state index is 6.09. The van der Waals surface area contributed by atoms with E-state index in [0.29, 0.717) is 34.8 Å². The maximum Gasteiger partial charge on any atom is 0.247 e. The van der Waals surface area contributed by atoms with Crippen molar-refractivity contribution in [1.29, 1.82) is 0 Å². The molecule has 0 saturated heterocycles. The van der Waals surface area contributed by atoms with Crippen molar-refractivity contribution in [2.75, 3.05) is 19.5 Å². The van der Waals surface area contributed by atoms with Gasteiger partial charge in [0.15, 0.2) is 0 Å². The lowest BCUT2D eigenvalue weighted by Crippen LogP contribution is -2.02. The zero-order chi connectivity index (χ0) is 16.9. The van der Waals surface area contributed by atoms with E-state index < -0.39 is 0 Å². The summed E-state index contributed by atoms with van der Waals surface area (Å²) in [5, 5.41) is 11.8. The predicted octanol–water partition coefficient (Wildman–Crippen LogP) is 4.02. The Morgan fingerprint density at radius 3 is 2.50 bits per heavy atom. The molecule has 0 unspecified atom stereocenters. The molecule has 0 fully saturated rings. The molecule has 24 heavy (non-hydrogen) atoms. The molecule has 3 rings (SSSR count). The number of rotatable bonds is 6. The Morgan fingerprint density at radius 1 is 1.04 bits per heavy atom. The second kappa shape index (κ2) is 7.23. The number of halogens is 1. The van der Waals surface area contributed by atoms with Crippen molar-refractivity contribution in [2.24, 2.45) is 0 Å². The summed E-state index contributed by atoms with van der Waals surface area (Å²) in [6, 6.07) is 13.0. The first-order chi connectivity index (χ1) is 11.7. The van der Waals surface area contributed by atoms with Gasteiger partial charge in [-0.05, 0) is 12.1 Å². The molecule has 0 saturated carbocycles. The van der Waals surface area contributed by atoms with Crippen LogP contribution >= 0.6 is 11.6 Å². The first-order valence-electron chi connectivity index (χ1n) is 7.24. The molecule has 7 heteroatoms. The molecule has 1 N–H and O–H groups in total. The third kappa shape index (κ3) is 3.44. The number of aromatic nitrogens is 2. The van der Waals surface area contributed by atoms with Gasteiger partial charge in [0.05, 0.1) is 31.5 Å². The number of hydrogen-bond donors (Lipinski definition) is 1. The molecule has 2 aromatic carbocycles. The van der Waals surface area contributed by atoms with Gasteiger partial charge in [-0.3, -0.25) is 0 Å². The third-order valence-corrected chi connectivity index (χ3v) is 3.69. The highest BCUT2D eigenvalue weighted by molar-refractivity contribution is 6.32. The van der Waals surface area contributed by atoms with Gasteiger partial charge in [0.2, 0.25) is 11.8 Å². The average Bonchev–Trinajstić information content (AvgIpc) is 3.10. The Bertz CT molecular complexity index is 821. The van der Waals surface area contributed by atoms with Crippen molar-refractivity contribution in [1.82, 2.24) is 10.2 Å². The van der Waals surface area contributed by atoms with Crippen molar-refractivity contribution in [2.45, 2.75) is 6.54 Å². The fourth-order valence-electron chi connectivity index (χ4n) is 2.19. The van der Waals surface area contributed by atoms with Crippen LogP contribution in [-0.2, 0) is 6.54 Å². The topological polar surface area (TPSA) is 69.4 Å². The van der Waals surface area contributed by atoms with E-state index in [-0.39, 0.29) is 0 Å². The van der Waals surface area contributed by atoms with Crippen molar-refractivity contribution in [3.8, 4) is 23.0 Å². The van der Waals surface area contributed by atoms with Crippen molar-refractivity contribution >= 4 is 17.3 Å². The summed E-state index contributed by atoms with van der Waals surface area (Å²) >= 11 is 6.09. The molecule has 0 spiro atoms. The minimum Gasteiger partial charge on any atom is -0.495 e. The van der Waals surface area contributed by atoms with E-state index in [9.17, 15) is 0 Å². The van der Waals surface area contributed by atoms with Crippen LogP contribution in [0.25, 0.3) is 11.5 Å². The van der Waals surface area contributed by atoms with Gasteiger partial charge < -0.3 is 19.2 Å². The molecule has 0 radical (unpaired) electrons. The number of anilines is 1. The smallest absolute Gasteiger partial charge is 0.247 e. The second-order valence-corrected chi connectivity index (χ2v) is 5.31. The lowest BCUT2D eigenvalue weighted by molar-refractivity contribution is 0.404. The van der Waals surface area contributed by atoms with E-state index in [1.54, 1.807) is 26.4 Å². The van der Waals surface area contributed by atoms with Crippen molar-refractivity contribution in [3.05, 3.63) is 53.4 Å². The van der Waals surface area contributed by atoms with E-state index in [2.05, 4.69) is 15.5 Å². The van der Waals surface area contributed by atoms with Crippen molar-refractivity contribution < 1.29 is 13.9 Å². The van der Waals surface area contributed by atoms with E-state index in [4.69, 9.17) is 25.5 Å². The highest BCUT2D eigenvalue weighted by Crippen LogP contribution is 2.36. The van der Waals surface area contributed by atoms with Crippen LogP contribution in [0.15, 0.2) is 46.9 Å². The standard InChI is InChI=1S/C17H16ClN3O3/c1-22-14-9-13(15(23-2)8-12(14)18)19-10-16-20-21-17(24-16)11-6-4-3-5-7-11/h3-9,19H,10H2,1-2H3. The van der Waals surface area contributed by atoms with Gasteiger partial charge in [-0.1, -0.05) is 29.8 Å². The van der Waals surface area contributed by atoms with Crippen molar-refractivity contribution in [3.63, 3.8) is 0 Å². The van der Waals surface area contributed by atoms with Crippen LogP contribution in [0.3, 0.4) is 0 Å². The number of hydrogen-bond acceptors (Lipinski definition) is 6. The normalized spacial score (nSPS) is 10.5. The number of nitrogens with zero attached hydrogens (tertiary/aromatic N) is 2. The Balaban J connectivity index is 1.76. The van der Waals surface area contributed by atoms with Crippen LogP contribution in [0, 0.1) is 0 Å². The fraction of sp³-hybridized carbons (Fsp3) is 0.176. The Hall–Kier alpha value is -2.73. The van der Waals surface area contributed by atoms with Gasteiger partial charge >= 0.3 is 0 Å².